The smallest absolute Gasteiger partial charge is 0.326 e. The summed E-state index contributed by atoms with van der Waals surface area (Å²) in [4.78, 5) is 58.8. The third-order valence-corrected chi connectivity index (χ3v) is 4.62. The number of hydrogen-bond donors (Lipinski definition) is 9. The van der Waals surface area contributed by atoms with Crippen LogP contribution in [0.2, 0.25) is 0 Å². The Balaban J connectivity index is 2.71. The highest BCUT2D eigenvalue weighted by molar-refractivity contribution is 5.94. The summed E-state index contributed by atoms with van der Waals surface area (Å²) in [5, 5.41) is 52.2. The van der Waals surface area contributed by atoms with E-state index in [1.807, 2.05) is 5.32 Å². The van der Waals surface area contributed by atoms with Crippen molar-refractivity contribution >= 4 is 29.7 Å². The first-order valence-corrected chi connectivity index (χ1v) is 10.1. The molecule has 0 heterocycles. The molecule has 0 radical (unpaired) electrons. The number of carbonyl (C=O) groups excluding carboxylic acids is 3. The highest BCUT2D eigenvalue weighted by atomic mass is 16.4. The average molecular weight is 484 g/mol. The number of carboxylic acids is 2. The maximum absolute atomic E-state index is 12.4. The van der Waals surface area contributed by atoms with E-state index in [4.69, 9.17) is 15.9 Å². The number of phenols is 1. The van der Waals surface area contributed by atoms with Crippen molar-refractivity contribution in [3.05, 3.63) is 29.8 Å². The summed E-state index contributed by atoms with van der Waals surface area (Å²) in [5.41, 5.74) is 6.43. The van der Waals surface area contributed by atoms with Gasteiger partial charge in [0, 0.05) is 6.42 Å². The lowest BCUT2D eigenvalue weighted by atomic mass is 10.1. The van der Waals surface area contributed by atoms with Gasteiger partial charge in [-0.2, -0.15) is 0 Å². The molecule has 1 rings (SSSR count). The van der Waals surface area contributed by atoms with Gasteiger partial charge >= 0.3 is 11.9 Å². The SMILES string of the molecule is NC(Cc1ccc(O)cc1)C(=O)NC(CO)C(=O)NC(CO)C(=O)NC(CCC(=O)O)C(=O)O. The van der Waals surface area contributed by atoms with Crippen LogP contribution in [-0.2, 0) is 30.4 Å². The molecule has 0 aromatic heterocycles. The van der Waals surface area contributed by atoms with Gasteiger partial charge in [0.25, 0.3) is 0 Å². The molecule has 4 atom stereocenters. The van der Waals surface area contributed by atoms with Crippen molar-refractivity contribution in [1.29, 1.82) is 0 Å². The maximum Gasteiger partial charge on any atom is 0.326 e. The van der Waals surface area contributed by atoms with Crippen LogP contribution >= 0.6 is 0 Å². The number of rotatable bonds is 14. The van der Waals surface area contributed by atoms with Gasteiger partial charge in [-0.15, -0.1) is 0 Å². The molecular formula is C20H28N4O10. The fourth-order valence-corrected chi connectivity index (χ4v) is 2.72. The summed E-state index contributed by atoms with van der Waals surface area (Å²) in [6, 6.07) is 0.0165. The molecule has 188 valence electrons. The first-order valence-electron chi connectivity index (χ1n) is 10.1. The minimum absolute atomic E-state index is 0.0258. The summed E-state index contributed by atoms with van der Waals surface area (Å²) in [5.74, 6) is -5.73. The van der Waals surface area contributed by atoms with Crippen molar-refractivity contribution in [3.8, 4) is 5.75 Å². The number of carboxylic acid groups (broad SMARTS) is 2. The Labute approximate surface area is 193 Å². The summed E-state index contributed by atoms with van der Waals surface area (Å²) >= 11 is 0. The molecule has 34 heavy (non-hydrogen) atoms. The van der Waals surface area contributed by atoms with Crippen molar-refractivity contribution < 1.29 is 49.5 Å². The predicted molar refractivity (Wildman–Crippen MR) is 114 cm³/mol. The molecule has 0 saturated carbocycles. The quantitative estimate of drug-likeness (QED) is 0.126. The van der Waals surface area contributed by atoms with E-state index in [0.717, 1.165) is 0 Å². The third kappa shape index (κ3) is 9.40. The number of aromatic hydroxyl groups is 1. The summed E-state index contributed by atoms with van der Waals surface area (Å²) in [6.07, 6.45) is -0.923. The lowest BCUT2D eigenvalue weighted by molar-refractivity contribution is -0.143. The van der Waals surface area contributed by atoms with Gasteiger partial charge in [-0.3, -0.25) is 19.2 Å². The highest BCUT2D eigenvalue weighted by Crippen LogP contribution is 2.11. The molecule has 3 amide bonds. The minimum atomic E-state index is -1.64. The lowest BCUT2D eigenvalue weighted by Crippen LogP contribution is -2.59. The number of hydrogen-bond acceptors (Lipinski definition) is 9. The molecular weight excluding hydrogens is 456 g/mol. The third-order valence-electron chi connectivity index (χ3n) is 4.62. The van der Waals surface area contributed by atoms with E-state index in [1.54, 1.807) is 12.1 Å². The number of benzene rings is 1. The van der Waals surface area contributed by atoms with Gasteiger partial charge in [0.05, 0.1) is 19.3 Å². The second kappa shape index (κ2) is 13.7. The monoisotopic (exact) mass is 484 g/mol. The molecule has 0 aliphatic heterocycles. The molecule has 0 spiro atoms. The zero-order valence-electron chi connectivity index (χ0n) is 18.0. The fourth-order valence-electron chi connectivity index (χ4n) is 2.72. The van der Waals surface area contributed by atoms with Crippen LogP contribution in [0.15, 0.2) is 24.3 Å². The van der Waals surface area contributed by atoms with Crippen molar-refractivity contribution in [2.45, 2.75) is 43.4 Å². The molecule has 0 fully saturated rings. The second-order valence-corrected chi connectivity index (χ2v) is 7.30. The van der Waals surface area contributed by atoms with E-state index >= 15 is 0 Å². The van der Waals surface area contributed by atoms with Crippen LogP contribution in [0, 0.1) is 0 Å². The molecule has 0 saturated heterocycles. The lowest BCUT2D eigenvalue weighted by Gasteiger charge is -2.23. The van der Waals surface area contributed by atoms with E-state index in [9.17, 15) is 39.3 Å². The second-order valence-electron chi connectivity index (χ2n) is 7.30. The Bertz CT molecular complexity index is 877. The average Bonchev–Trinajstić information content (AvgIpc) is 2.78. The largest absolute Gasteiger partial charge is 0.508 e. The first kappa shape index (κ1) is 28.3. The van der Waals surface area contributed by atoms with Gasteiger partial charge in [0.15, 0.2) is 0 Å². The van der Waals surface area contributed by atoms with Crippen molar-refractivity contribution in [3.63, 3.8) is 0 Å². The van der Waals surface area contributed by atoms with Crippen LogP contribution in [-0.4, -0.2) is 92.6 Å². The minimum Gasteiger partial charge on any atom is -0.508 e. The molecule has 10 N–H and O–H groups in total. The Morgan fingerprint density at radius 3 is 1.71 bits per heavy atom. The Morgan fingerprint density at radius 1 is 0.794 bits per heavy atom. The number of nitrogens with two attached hydrogens (primary N) is 1. The van der Waals surface area contributed by atoms with Crippen LogP contribution in [0.4, 0.5) is 0 Å². The normalized spacial score (nSPS) is 14.2. The van der Waals surface area contributed by atoms with E-state index < -0.39 is 79.9 Å². The molecule has 14 heteroatoms. The number of carbonyl (C=O) groups is 5. The van der Waals surface area contributed by atoms with Crippen LogP contribution in [0.3, 0.4) is 0 Å². The van der Waals surface area contributed by atoms with Gasteiger partial charge in [-0.1, -0.05) is 12.1 Å². The van der Waals surface area contributed by atoms with Crippen LogP contribution in [0.25, 0.3) is 0 Å². The number of phenolic OH excluding ortho intramolecular Hbond substituents is 1. The van der Waals surface area contributed by atoms with Gasteiger partial charge < -0.3 is 47.2 Å². The van der Waals surface area contributed by atoms with Crippen molar-refractivity contribution in [1.82, 2.24) is 16.0 Å². The van der Waals surface area contributed by atoms with Gasteiger partial charge in [-0.25, -0.2) is 4.79 Å². The van der Waals surface area contributed by atoms with Crippen LogP contribution < -0.4 is 21.7 Å². The van der Waals surface area contributed by atoms with Gasteiger partial charge in [0.1, 0.15) is 23.9 Å². The number of aliphatic hydroxyl groups excluding tert-OH is 2. The Kier molecular flexibility index (Phi) is 11.4. The topological polar surface area (TPSA) is 249 Å². The first-order chi connectivity index (χ1) is 16.0. The van der Waals surface area contributed by atoms with Crippen molar-refractivity contribution in [2.24, 2.45) is 5.73 Å². The summed E-state index contributed by atoms with van der Waals surface area (Å²) in [6.45, 7) is -1.82. The number of aliphatic carboxylic acids is 2. The maximum atomic E-state index is 12.4. The van der Waals surface area contributed by atoms with E-state index in [-0.39, 0.29) is 12.2 Å². The summed E-state index contributed by atoms with van der Waals surface area (Å²) < 4.78 is 0. The molecule has 0 bridgehead atoms. The van der Waals surface area contributed by atoms with Crippen LogP contribution in [0.1, 0.15) is 18.4 Å². The zero-order valence-corrected chi connectivity index (χ0v) is 18.0. The Hall–Kier alpha value is -3.75. The Morgan fingerprint density at radius 2 is 1.26 bits per heavy atom. The standard InChI is InChI=1S/C20H28N4O10/c21-12(7-10-1-3-11(27)4-2-10)17(30)23-14(8-25)19(32)24-15(9-26)18(31)22-13(20(33)34)5-6-16(28)29/h1-4,12-15,25-27H,5-9,21H2,(H,22,31)(H,23,30)(H,24,32)(H,28,29)(H,33,34). The summed E-state index contributed by atoms with van der Waals surface area (Å²) in [7, 11) is 0. The van der Waals surface area contributed by atoms with E-state index in [2.05, 4.69) is 10.6 Å². The molecule has 0 aliphatic carbocycles. The van der Waals surface area contributed by atoms with Gasteiger partial charge in [-0.05, 0) is 30.5 Å². The molecule has 0 aliphatic rings. The van der Waals surface area contributed by atoms with Crippen LogP contribution in [0.5, 0.6) is 5.75 Å². The number of amides is 3. The predicted octanol–water partition coefficient (Wildman–Crippen LogP) is -3.35. The fraction of sp³-hybridized carbons (Fsp3) is 0.450. The zero-order chi connectivity index (χ0) is 25.8. The molecule has 4 unspecified atom stereocenters. The van der Waals surface area contributed by atoms with Crippen molar-refractivity contribution in [2.75, 3.05) is 13.2 Å². The van der Waals surface area contributed by atoms with E-state index in [1.165, 1.54) is 12.1 Å². The van der Waals surface area contributed by atoms with E-state index in [0.29, 0.717) is 5.56 Å². The molecule has 1 aromatic rings. The highest BCUT2D eigenvalue weighted by Gasteiger charge is 2.30. The number of aliphatic hydroxyl groups is 2. The van der Waals surface area contributed by atoms with Gasteiger partial charge in [0.2, 0.25) is 17.7 Å². The molecule has 1 aromatic carbocycles. The number of nitrogens with one attached hydrogen (secondary N) is 3. The molecule has 14 nitrogen and oxygen atoms in total.